The molecule has 2 aromatic heterocycles. The van der Waals surface area contributed by atoms with Gasteiger partial charge in [0.25, 0.3) is 0 Å². The van der Waals surface area contributed by atoms with Crippen LogP contribution in [-0.2, 0) is 14.8 Å². The largest absolute Gasteiger partial charge is 0.379 e. The molecule has 0 unspecified atom stereocenters. The molecule has 3 heterocycles. The van der Waals surface area contributed by atoms with Gasteiger partial charge in [0, 0.05) is 37.2 Å². The van der Waals surface area contributed by atoms with Gasteiger partial charge in [-0.15, -0.1) is 22.7 Å². The third-order valence-corrected chi connectivity index (χ3v) is 10.1. The van der Waals surface area contributed by atoms with Crippen LogP contribution in [0.1, 0.15) is 19.4 Å². The first kappa shape index (κ1) is 27.5. The summed E-state index contributed by atoms with van der Waals surface area (Å²) in [5.41, 5.74) is 3.79. The predicted molar refractivity (Wildman–Crippen MR) is 160 cm³/mol. The predicted octanol–water partition coefficient (Wildman–Crippen LogP) is 5.26. The van der Waals surface area contributed by atoms with Crippen molar-refractivity contribution >= 4 is 50.3 Å². The molecule has 0 bridgehead atoms. The second-order valence-corrected chi connectivity index (χ2v) is 12.5. The lowest BCUT2D eigenvalue weighted by atomic mass is 10.2. The molecule has 1 saturated heterocycles. The van der Waals surface area contributed by atoms with E-state index in [0.29, 0.717) is 36.8 Å². The maximum absolute atomic E-state index is 13.0. The van der Waals surface area contributed by atoms with E-state index in [1.807, 2.05) is 27.7 Å². The summed E-state index contributed by atoms with van der Waals surface area (Å²) >= 11 is 3.14. The Bertz CT molecular complexity index is 1560. The lowest BCUT2D eigenvalue weighted by molar-refractivity contribution is 0.0730. The van der Waals surface area contributed by atoms with Gasteiger partial charge in [0.05, 0.1) is 40.6 Å². The Kier molecular flexibility index (Phi) is 8.73. The van der Waals surface area contributed by atoms with E-state index in [1.54, 1.807) is 35.6 Å². The van der Waals surface area contributed by atoms with Crippen LogP contribution in [0.5, 0.6) is 0 Å². The van der Waals surface area contributed by atoms with Crippen molar-refractivity contribution in [3.05, 3.63) is 81.8 Å². The number of aromatic nitrogens is 1. The number of morpholine rings is 1. The molecule has 0 atom stereocenters. The SMILES string of the molecule is CCN(CC)c1ccc(C=Nn2c(-c3cccs3)csc2=Nc2ccc(S(=O)(=O)N3CCOCC3)cc2)cc1. The van der Waals surface area contributed by atoms with Crippen LogP contribution >= 0.6 is 22.7 Å². The van der Waals surface area contributed by atoms with E-state index in [0.717, 1.165) is 29.2 Å². The molecule has 1 aliphatic heterocycles. The van der Waals surface area contributed by atoms with Crippen LogP contribution in [0.25, 0.3) is 10.6 Å². The Hall–Kier alpha value is -3.09. The highest BCUT2D eigenvalue weighted by Crippen LogP contribution is 2.26. The molecule has 5 rings (SSSR count). The van der Waals surface area contributed by atoms with Crippen molar-refractivity contribution in [3.63, 3.8) is 0 Å². The topological polar surface area (TPSA) is 79.5 Å². The first-order valence-electron chi connectivity index (χ1n) is 12.9. The van der Waals surface area contributed by atoms with Gasteiger partial charge in [-0.2, -0.15) is 9.41 Å². The zero-order valence-corrected chi connectivity index (χ0v) is 24.4. The summed E-state index contributed by atoms with van der Waals surface area (Å²) in [5.74, 6) is 0. The van der Waals surface area contributed by atoms with Gasteiger partial charge >= 0.3 is 0 Å². The fraction of sp³-hybridized carbons (Fsp3) is 0.286. The molecule has 1 aliphatic rings. The van der Waals surface area contributed by atoms with Crippen molar-refractivity contribution in [2.45, 2.75) is 18.7 Å². The van der Waals surface area contributed by atoms with E-state index >= 15 is 0 Å². The molecule has 0 N–H and O–H groups in total. The quantitative estimate of drug-likeness (QED) is 0.253. The van der Waals surface area contributed by atoms with E-state index in [2.05, 4.69) is 49.1 Å². The monoisotopic (exact) mass is 581 g/mol. The summed E-state index contributed by atoms with van der Waals surface area (Å²) in [5, 5.41) is 8.89. The molecule has 0 amide bonds. The highest BCUT2D eigenvalue weighted by molar-refractivity contribution is 7.89. The van der Waals surface area contributed by atoms with E-state index in [9.17, 15) is 8.42 Å². The summed E-state index contributed by atoms with van der Waals surface area (Å²) in [6.07, 6.45) is 1.84. The maximum atomic E-state index is 13.0. The summed E-state index contributed by atoms with van der Waals surface area (Å²) in [7, 11) is -3.55. The number of sulfonamides is 1. The summed E-state index contributed by atoms with van der Waals surface area (Å²) in [6.45, 7) is 7.79. The number of anilines is 1. The first-order chi connectivity index (χ1) is 19.0. The van der Waals surface area contributed by atoms with Crippen LogP contribution in [0.3, 0.4) is 0 Å². The Balaban J connectivity index is 1.45. The molecular weight excluding hydrogens is 551 g/mol. The average Bonchev–Trinajstić information content (AvgIpc) is 3.64. The van der Waals surface area contributed by atoms with E-state index in [4.69, 9.17) is 14.8 Å². The van der Waals surface area contributed by atoms with Gasteiger partial charge in [0.1, 0.15) is 0 Å². The van der Waals surface area contributed by atoms with Crippen molar-refractivity contribution in [3.8, 4) is 10.6 Å². The Morgan fingerprint density at radius 2 is 1.69 bits per heavy atom. The zero-order valence-electron chi connectivity index (χ0n) is 21.9. The molecular formula is C28H31N5O3S3. The fourth-order valence-corrected chi connectivity index (χ4v) is 7.36. The molecule has 39 heavy (non-hydrogen) atoms. The summed E-state index contributed by atoms with van der Waals surface area (Å²) < 4.78 is 34.5. The lowest BCUT2D eigenvalue weighted by Gasteiger charge is -2.26. The molecule has 2 aromatic carbocycles. The van der Waals surface area contributed by atoms with Crippen LogP contribution in [0.4, 0.5) is 11.4 Å². The normalized spacial score (nSPS) is 15.3. The van der Waals surface area contributed by atoms with Gasteiger partial charge in [0.15, 0.2) is 0 Å². The fourth-order valence-electron chi connectivity index (χ4n) is 4.31. The van der Waals surface area contributed by atoms with Crippen molar-refractivity contribution in [2.24, 2.45) is 10.1 Å². The third-order valence-electron chi connectivity index (χ3n) is 6.47. The number of rotatable bonds is 9. The van der Waals surface area contributed by atoms with Gasteiger partial charge in [-0.25, -0.2) is 18.1 Å². The summed E-state index contributed by atoms with van der Waals surface area (Å²) in [4.78, 5) is 9.16. The molecule has 1 fully saturated rings. The third kappa shape index (κ3) is 6.23. The van der Waals surface area contributed by atoms with Crippen LogP contribution in [0, 0.1) is 0 Å². The smallest absolute Gasteiger partial charge is 0.243 e. The van der Waals surface area contributed by atoms with E-state index in [-0.39, 0.29) is 4.90 Å². The number of hydrogen-bond acceptors (Lipinski definition) is 8. The van der Waals surface area contributed by atoms with Crippen molar-refractivity contribution in [1.82, 2.24) is 8.98 Å². The van der Waals surface area contributed by atoms with Crippen LogP contribution in [0.15, 0.2) is 86.4 Å². The molecule has 11 heteroatoms. The first-order valence-corrected chi connectivity index (χ1v) is 16.1. The minimum Gasteiger partial charge on any atom is -0.379 e. The van der Waals surface area contributed by atoms with Crippen LogP contribution in [0.2, 0.25) is 0 Å². The molecule has 8 nitrogen and oxygen atoms in total. The molecule has 0 radical (unpaired) electrons. The van der Waals surface area contributed by atoms with Gasteiger partial charge in [-0.1, -0.05) is 18.2 Å². The molecule has 0 aliphatic carbocycles. The van der Waals surface area contributed by atoms with Gasteiger partial charge in [0.2, 0.25) is 14.8 Å². The molecule has 4 aromatic rings. The highest BCUT2D eigenvalue weighted by atomic mass is 32.2. The zero-order chi connectivity index (χ0) is 27.2. The average molecular weight is 582 g/mol. The maximum Gasteiger partial charge on any atom is 0.243 e. The van der Waals surface area contributed by atoms with E-state index < -0.39 is 10.0 Å². The van der Waals surface area contributed by atoms with Gasteiger partial charge < -0.3 is 9.64 Å². The molecule has 204 valence electrons. The minimum atomic E-state index is -3.55. The number of thiophene rings is 1. The highest BCUT2D eigenvalue weighted by Gasteiger charge is 2.26. The van der Waals surface area contributed by atoms with Crippen LogP contribution in [-0.4, -0.2) is 63.0 Å². The van der Waals surface area contributed by atoms with E-state index in [1.165, 1.54) is 21.3 Å². The Morgan fingerprint density at radius 1 is 0.974 bits per heavy atom. The number of thiazole rings is 1. The van der Waals surface area contributed by atoms with Gasteiger partial charge in [-0.05, 0) is 67.3 Å². The van der Waals surface area contributed by atoms with Gasteiger partial charge in [-0.3, -0.25) is 0 Å². The van der Waals surface area contributed by atoms with Crippen LogP contribution < -0.4 is 9.70 Å². The number of nitrogens with zero attached hydrogens (tertiary/aromatic N) is 5. The number of benzene rings is 2. The second kappa shape index (κ2) is 12.4. The number of hydrogen-bond donors (Lipinski definition) is 0. The van der Waals surface area contributed by atoms with Crippen molar-refractivity contribution < 1.29 is 13.2 Å². The minimum absolute atomic E-state index is 0.257. The van der Waals surface area contributed by atoms with Crippen molar-refractivity contribution in [1.29, 1.82) is 0 Å². The summed E-state index contributed by atoms with van der Waals surface area (Å²) in [6, 6.07) is 19.1. The molecule has 0 spiro atoms. The van der Waals surface area contributed by atoms with Crippen molar-refractivity contribution in [2.75, 3.05) is 44.3 Å². The standard InChI is InChI=1S/C28H31N5O3S3/c1-3-31(4-2)24-11-7-22(8-12-24)20-29-33-26(27-6-5-19-37-27)21-38-28(33)30-23-9-13-25(14-10-23)39(34,35)32-15-17-36-18-16-32/h5-14,19-21H,3-4,15-18H2,1-2H3. The Labute approximate surface area is 237 Å². The molecule has 0 saturated carbocycles. The lowest BCUT2D eigenvalue weighted by Crippen LogP contribution is -2.40. The Morgan fingerprint density at radius 3 is 2.33 bits per heavy atom. The second-order valence-electron chi connectivity index (χ2n) is 8.82. The number of ether oxygens (including phenoxy) is 1.